The third kappa shape index (κ3) is 15.7. The minimum atomic E-state index is -1.67. The quantitative estimate of drug-likeness (QED) is 0.0981. The van der Waals surface area contributed by atoms with E-state index in [4.69, 9.17) is 34.2 Å². The molecule has 0 saturated carbocycles. The summed E-state index contributed by atoms with van der Waals surface area (Å²) >= 11 is 0. The summed E-state index contributed by atoms with van der Waals surface area (Å²) in [5.41, 5.74) is 5.31. The lowest BCUT2D eigenvalue weighted by atomic mass is 9.99. The molecule has 0 bridgehead atoms. The fourth-order valence-corrected chi connectivity index (χ4v) is 6.97. The molecule has 348 valence electrons. The van der Waals surface area contributed by atoms with E-state index in [-0.39, 0.29) is 58.8 Å². The molecule has 11 atom stereocenters. The van der Waals surface area contributed by atoms with Crippen molar-refractivity contribution in [3.63, 3.8) is 0 Å². The van der Waals surface area contributed by atoms with E-state index < -0.39 is 96.7 Å². The number of ether oxygens (including phenoxy) is 6. The zero-order valence-electron chi connectivity index (χ0n) is 36.3. The Morgan fingerprint density at radius 2 is 1.19 bits per heavy atom. The predicted octanol–water partition coefficient (Wildman–Crippen LogP) is 1.08. The standard InChI is InChI=1S/C43H66N4O15/c1-42(2,3)61-40(55)45-19-18-28(37(44)54)47(41(56)62-43(4,5)6)21-13-20-46(22-29(48)33(52)35-31(50)24-57-38(59-35)26-14-9-7-10-15-26)23-30(49)34(53)36-32(51)25-58-39(60-36)27-16-11-8-12-17-27/h7-12,14-17,28-36,38-39,48-53H,13,18-25H2,1-6H3,(H2,44,54)(H,45,55)/t28-,29-,30-,31+,32+,33+,34+,35+,36+,38?,39?/m0/s1. The average Bonchev–Trinajstić information content (AvgIpc) is 3.20. The van der Waals surface area contributed by atoms with E-state index in [1.54, 1.807) is 102 Å². The Labute approximate surface area is 362 Å². The number of rotatable bonds is 19. The number of hydrogen-bond donors (Lipinski definition) is 8. The first kappa shape index (κ1) is 50.7. The van der Waals surface area contributed by atoms with E-state index in [1.165, 1.54) is 4.90 Å². The number of nitrogens with one attached hydrogen (secondary N) is 1. The number of hydrogen-bond acceptors (Lipinski definition) is 16. The number of aliphatic hydroxyl groups excluding tert-OH is 6. The molecular weight excluding hydrogens is 812 g/mol. The van der Waals surface area contributed by atoms with Gasteiger partial charge in [0, 0.05) is 43.9 Å². The maximum atomic E-state index is 13.6. The molecule has 0 aromatic heterocycles. The molecule has 2 aromatic carbocycles. The van der Waals surface area contributed by atoms with Gasteiger partial charge in [0.15, 0.2) is 12.6 Å². The molecule has 2 saturated heterocycles. The van der Waals surface area contributed by atoms with Gasteiger partial charge in [-0.1, -0.05) is 60.7 Å². The largest absolute Gasteiger partial charge is 0.444 e. The molecule has 0 radical (unpaired) electrons. The number of nitrogens with zero attached hydrogens (tertiary/aromatic N) is 2. The third-order valence-corrected chi connectivity index (χ3v) is 9.94. The Hall–Kier alpha value is -3.99. The van der Waals surface area contributed by atoms with Crippen LogP contribution in [0.2, 0.25) is 0 Å². The van der Waals surface area contributed by atoms with E-state index >= 15 is 0 Å². The highest BCUT2D eigenvalue weighted by Crippen LogP contribution is 2.31. The molecule has 19 heteroatoms. The van der Waals surface area contributed by atoms with Crippen molar-refractivity contribution >= 4 is 18.1 Å². The van der Waals surface area contributed by atoms with Crippen molar-refractivity contribution in [2.75, 3.05) is 45.9 Å². The first-order valence-electron chi connectivity index (χ1n) is 20.8. The number of nitrogens with two attached hydrogens (primary N) is 1. The fourth-order valence-electron chi connectivity index (χ4n) is 6.97. The van der Waals surface area contributed by atoms with Gasteiger partial charge in [-0.05, 0) is 54.4 Å². The Balaban J connectivity index is 1.53. The molecule has 2 fully saturated rings. The molecule has 2 aromatic rings. The fraction of sp³-hybridized carbons (Fsp3) is 0.651. The van der Waals surface area contributed by atoms with Crippen LogP contribution in [0.1, 0.15) is 78.1 Å². The minimum absolute atomic E-state index is 0.0256. The first-order chi connectivity index (χ1) is 29.1. The lowest BCUT2D eigenvalue weighted by Crippen LogP contribution is -2.56. The predicted molar refractivity (Wildman–Crippen MR) is 222 cm³/mol. The number of carbonyl (C=O) groups is 3. The van der Waals surface area contributed by atoms with Gasteiger partial charge in [0.1, 0.15) is 53.9 Å². The second kappa shape index (κ2) is 23.1. The van der Waals surface area contributed by atoms with E-state index in [0.717, 1.165) is 4.90 Å². The highest BCUT2D eigenvalue weighted by molar-refractivity contribution is 5.84. The van der Waals surface area contributed by atoms with Crippen LogP contribution < -0.4 is 11.1 Å². The number of aliphatic hydroxyl groups is 6. The van der Waals surface area contributed by atoms with Crippen molar-refractivity contribution in [2.24, 2.45) is 5.73 Å². The smallest absolute Gasteiger partial charge is 0.410 e. The molecule has 62 heavy (non-hydrogen) atoms. The zero-order valence-corrected chi connectivity index (χ0v) is 36.3. The van der Waals surface area contributed by atoms with Crippen LogP contribution in [0.15, 0.2) is 60.7 Å². The van der Waals surface area contributed by atoms with Crippen LogP contribution in [-0.4, -0.2) is 171 Å². The normalized spacial score (nSPS) is 24.6. The summed E-state index contributed by atoms with van der Waals surface area (Å²) in [7, 11) is 0. The molecule has 19 nitrogen and oxygen atoms in total. The van der Waals surface area contributed by atoms with Crippen LogP contribution in [0.3, 0.4) is 0 Å². The number of alkyl carbamates (subject to hydrolysis) is 1. The van der Waals surface area contributed by atoms with Crippen LogP contribution in [-0.2, 0) is 33.2 Å². The summed E-state index contributed by atoms with van der Waals surface area (Å²) in [6.45, 7) is 8.65. The third-order valence-electron chi connectivity index (χ3n) is 9.94. The molecule has 2 aliphatic rings. The molecule has 2 unspecified atom stereocenters. The SMILES string of the molecule is CC(C)(C)OC(=O)NCC[C@@H](C(N)=O)N(CCCN(C[C@H](O)[C@@H](O)[C@@H]1OC(c2ccccc2)OC[C@H]1O)C[C@H](O)[C@@H](O)[C@@H]1OC(c2ccccc2)OC[C@H]1O)C(=O)OC(C)(C)C. The maximum Gasteiger partial charge on any atom is 0.410 e. The summed E-state index contributed by atoms with van der Waals surface area (Å²) in [5, 5.41) is 69.9. The first-order valence-corrected chi connectivity index (χ1v) is 20.8. The number of amides is 3. The summed E-state index contributed by atoms with van der Waals surface area (Å²) in [6, 6.07) is 16.4. The van der Waals surface area contributed by atoms with E-state index in [0.29, 0.717) is 11.1 Å². The monoisotopic (exact) mass is 878 g/mol. The molecule has 3 amide bonds. The summed E-state index contributed by atoms with van der Waals surface area (Å²) in [5.74, 6) is -0.872. The highest BCUT2D eigenvalue weighted by Gasteiger charge is 2.42. The molecular formula is C43H66N4O15. The van der Waals surface area contributed by atoms with Crippen LogP contribution in [0.5, 0.6) is 0 Å². The molecule has 2 heterocycles. The molecule has 9 N–H and O–H groups in total. The van der Waals surface area contributed by atoms with Gasteiger partial charge in [0.05, 0.1) is 25.4 Å². The van der Waals surface area contributed by atoms with Gasteiger partial charge in [-0.25, -0.2) is 9.59 Å². The van der Waals surface area contributed by atoms with Gasteiger partial charge < -0.3 is 70.1 Å². The number of carbonyl (C=O) groups excluding carboxylic acids is 3. The summed E-state index contributed by atoms with van der Waals surface area (Å²) < 4.78 is 34.0. The topological polar surface area (TPSA) is 272 Å². The summed E-state index contributed by atoms with van der Waals surface area (Å²) in [6.07, 6.45) is -15.3. The van der Waals surface area contributed by atoms with Gasteiger partial charge in [-0.2, -0.15) is 0 Å². The Morgan fingerprint density at radius 1 is 0.742 bits per heavy atom. The number of primary amides is 1. The van der Waals surface area contributed by atoms with Crippen LogP contribution in [0.4, 0.5) is 9.59 Å². The molecule has 0 spiro atoms. The highest BCUT2D eigenvalue weighted by atomic mass is 16.7. The van der Waals surface area contributed by atoms with E-state index in [9.17, 15) is 45.0 Å². The van der Waals surface area contributed by atoms with Crippen molar-refractivity contribution in [1.29, 1.82) is 0 Å². The van der Waals surface area contributed by atoms with Crippen molar-refractivity contribution < 1.29 is 73.4 Å². The second-order valence-corrected chi connectivity index (χ2v) is 17.5. The average molecular weight is 879 g/mol. The lowest BCUT2D eigenvalue weighted by molar-refractivity contribution is -0.285. The molecule has 2 aliphatic heterocycles. The van der Waals surface area contributed by atoms with Crippen molar-refractivity contribution in [3.8, 4) is 0 Å². The van der Waals surface area contributed by atoms with Gasteiger partial charge in [0.25, 0.3) is 0 Å². The Morgan fingerprint density at radius 3 is 1.61 bits per heavy atom. The van der Waals surface area contributed by atoms with E-state index in [2.05, 4.69) is 5.32 Å². The van der Waals surface area contributed by atoms with Crippen LogP contribution >= 0.6 is 0 Å². The molecule has 0 aliphatic carbocycles. The van der Waals surface area contributed by atoms with Gasteiger partial charge in [-0.3, -0.25) is 14.6 Å². The second-order valence-electron chi connectivity index (χ2n) is 17.5. The maximum absolute atomic E-state index is 13.6. The van der Waals surface area contributed by atoms with Crippen molar-refractivity contribution in [2.45, 2.75) is 133 Å². The van der Waals surface area contributed by atoms with E-state index in [1.807, 2.05) is 0 Å². The van der Waals surface area contributed by atoms with Gasteiger partial charge in [0.2, 0.25) is 5.91 Å². The number of benzene rings is 2. The Bertz CT molecular complexity index is 1600. The van der Waals surface area contributed by atoms with Crippen LogP contribution in [0.25, 0.3) is 0 Å². The zero-order chi connectivity index (χ0) is 45.8. The van der Waals surface area contributed by atoms with Crippen molar-refractivity contribution in [3.05, 3.63) is 71.8 Å². The minimum Gasteiger partial charge on any atom is -0.444 e. The van der Waals surface area contributed by atoms with Gasteiger partial charge in [-0.15, -0.1) is 0 Å². The van der Waals surface area contributed by atoms with Crippen molar-refractivity contribution in [1.82, 2.24) is 15.1 Å². The Kier molecular flexibility index (Phi) is 18.9. The lowest BCUT2D eigenvalue weighted by Gasteiger charge is -2.40. The summed E-state index contributed by atoms with van der Waals surface area (Å²) in [4.78, 5) is 41.4. The van der Waals surface area contributed by atoms with Gasteiger partial charge >= 0.3 is 12.2 Å². The van der Waals surface area contributed by atoms with Crippen LogP contribution in [0, 0.1) is 0 Å². The molecule has 4 rings (SSSR count).